The Balaban J connectivity index is 1.82. The molecule has 1 aromatic carbocycles. The normalized spacial score (nSPS) is 11.1. The Morgan fingerprint density at radius 2 is 2.08 bits per heavy atom. The van der Waals surface area contributed by atoms with Gasteiger partial charge in [0, 0.05) is 36.9 Å². The predicted molar refractivity (Wildman–Crippen MR) is 97.1 cm³/mol. The maximum atomic E-state index is 12.3. The summed E-state index contributed by atoms with van der Waals surface area (Å²) in [6.07, 6.45) is 3.60. The molecule has 6 heteroatoms. The van der Waals surface area contributed by atoms with Crippen LogP contribution in [0.5, 0.6) is 0 Å². The number of rotatable bonds is 5. The summed E-state index contributed by atoms with van der Waals surface area (Å²) < 4.78 is 2.18. The molecule has 0 saturated carbocycles. The molecule has 3 N–H and O–H groups in total. The van der Waals surface area contributed by atoms with Crippen LogP contribution in [0.25, 0.3) is 10.9 Å². The Hall–Kier alpha value is -2.86. The first kappa shape index (κ1) is 16.0. The van der Waals surface area contributed by atoms with Gasteiger partial charge in [-0.1, -0.05) is 6.07 Å². The van der Waals surface area contributed by atoms with Gasteiger partial charge in [-0.15, -0.1) is 0 Å². The van der Waals surface area contributed by atoms with E-state index in [-0.39, 0.29) is 5.91 Å². The summed E-state index contributed by atoms with van der Waals surface area (Å²) in [5.41, 5.74) is 8.35. The smallest absolute Gasteiger partial charge is 0.274 e. The Morgan fingerprint density at radius 3 is 2.83 bits per heavy atom. The first-order chi connectivity index (χ1) is 11.5. The number of carbonyl (C=O) groups is 1. The van der Waals surface area contributed by atoms with Crippen molar-refractivity contribution in [3.63, 3.8) is 0 Å². The Bertz CT molecular complexity index is 869. The second-order valence-corrected chi connectivity index (χ2v) is 6.01. The molecule has 0 unspecified atom stereocenters. The van der Waals surface area contributed by atoms with Crippen LogP contribution < -0.4 is 11.1 Å². The van der Waals surface area contributed by atoms with Gasteiger partial charge < -0.3 is 20.5 Å². The van der Waals surface area contributed by atoms with Crippen molar-refractivity contribution in [2.24, 2.45) is 0 Å². The number of nitrogens with one attached hydrogen (secondary N) is 1. The van der Waals surface area contributed by atoms with E-state index in [1.807, 2.05) is 18.2 Å². The largest absolute Gasteiger partial charge is 0.399 e. The zero-order valence-electron chi connectivity index (χ0n) is 13.9. The summed E-state index contributed by atoms with van der Waals surface area (Å²) in [7, 11) is 4.10. The van der Waals surface area contributed by atoms with E-state index in [2.05, 4.69) is 46.1 Å². The molecule has 0 aliphatic heterocycles. The molecule has 24 heavy (non-hydrogen) atoms. The lowest BCUT2D eigenvalue weighted by Crippen LogP contribution is -2.18. The van der Waals surface area contributed by atoms with Gasteiger partial charge in [0.05, 0.1) is 5.52 Å². The highest BCUT2D eigenvalue weighted by Gasteiger charge is 2.09. The van der Waals surface area contributed by atoms with Gasteiger partial charge in [0.25, 0.3) is 5.91 Å². The van der Waals surface area contributed by atoms with E-state index in [0.29, 0.717) is 11.4 Å². The van der Waals surface area contributed by atoms with Crippen LogP contribution in [-0.4, -0.2) is 41.0 Å². The minimum absolute atomic E-state index is 0.270. The molecule has 3 aromatic rings. The van der Waals surface area contributed by atoms with Crippen molar-refractivity contribution in [1.82, 2.24) is 14.5 Å². The number of nitrogens with two attached hydrogens (primary N) is 1. The van der Waals surface area contributed by atoms with E-state index in [1.54, 1.807) is 12.1 Å². The lowest BCUT2D eigenvalue weighted by molar-refractivity contribution is 0.102. The van der Waals surface area contributed by atoms with Crippen molar-refractivity contribution in [2.45, 2.75) is 6.54 Å². The molecule has 0 saturated heterocycles. The molecule has 124 valence electrons. The molecule has 6 nitrogen and oxygen atoms in total. The number of benzene rings is 1. The molecule has 0 atom stereocenters. The maximum absolute atomic E-state index is 12.3. The predicted octanol–water partition coefficient (Wildman–Crippen LogP) is 2.43. The molecule has 0 fully saturated rings. The lowest BCUT2D eigenvalue weighted by Gasteiger charge is -2.12. The number of aromatic nitrogens is 2. The van der Waals surface area contributed by atoms with Gasteiger partial charge in [0.1, 0.15) is 5.69 Å². The van der Waals surface area contributed by atoms with Crippen LogP contribution in [0.2, 0.25) is 0 Å². The summed E-state index contributed by atoms with van der Waals surface area (Å²) in [6.45, 7) is 1.85. The Morgan fingerprint density at radius 1 is 1.25 bits per heavy atom. The standard InChI is InChI=1S/C18H21N5O/c1-22(2)9-10-23-8-6-13-3-4-15(12-17(13)23)21-18(24)16-11-14(19)5-7-20-16/h3-8,11-12H,9-10H2,1-2H3,(H2,19,20)(H,21,24). The molecule has 1 amide bonds. The molecule has 0 bridgehead atoms. The van der Waals surface area contributed by atoms with Crippen LogP contribution in [0, 0.1) is 0 Å². The molecule has 0 aliphatic rings. The molecule has 0 aliphatic carbocycles. The van der Waals surface area contributed by atoms with Crippen molar-refractivity contribution in [3.05, 3.63) is 54.5 Å². The van der Waals surface area contributed by atoms with Gasteiger partial charge in [-0.05, 0) is 49.8 Å². The number of hydrogen-bond donors (Lipinski definition) is 2. The van der Waals surface area contributed by atoms with E-state index >= 15 is 0 Å². The zero-order valence-corrected chi connectivity index (χ0v) is 13.9. The minimum Gasteiger partial charge on any atom is -0.399 e. The third-order valence-electron chi connectivity index (χ3n) is 3.84. The number of pyridine rings is 1. The van der Waals surface area contributed by atoms with Crippen molar-refractivity contribution in [3.8, 4) is 0 Å². The van der Waals surface area contributed by atoms with Gasteiger partial charge >= 0.3 is 0 Å². The van der Waals surface area contributed by atoms with Crippen molar-refractivity contribution in [2.75, 3.05) is 31.7 Å². The quantitative estimate of drug-likeness (QED) is 0.756. The van der Waals surface area contributed by atoms with E-state index < -0.39 is 0 Å². The van der Waals surface area contributed by atoms with Gasteiger partial charge in [-0.3, -0.25) is 9.78 Å². The molecule has 2 aromatic heterocycles. The average Bonchev–Trinajstić information content (AvgIpc) is 2.95. The van der Waals surface area contributed by atoms with Crippen LogP contribution in [0.3, 0.4) is 0 Å². The van der Waals surface area contributed by atoms with Gasteiger partial charge in [0.15, 0.2) is 0 Å². The first-order valence-corrected chi connectivity index (χ1v) is 7.79. The molecule has 2 heterocycles. The fourth-order valence-electron chi connectivity index (χ4n) is 2.53. The number of carbonyl (C=O) groups excluding carboxylic acids is 1. The second kappa shape index (κ2) is 6.72. The Kier molecular flexibility index (Phi) is 4.48. The molecule has 3 rings (SSSR count). The summed E-state index contributed by atoms with van der Waals surface area (Å²) >= 11 is 0. The molecule has 0 spiro atoms. The minimum atomic E-state index is -0.270. The average molecular weight is 323 g/mol. The Labute approximate surface area is 140 Å². The highest BCUT2D eigenvalue weighted by atomic mass is 16.1. The number of amides is 1. The van der Waals surface area contributed by atoms with Crippen LogP contribution >= 0.6 is 0 Å². The van der Waals surface area contributed by atoms with E-state index in [0.717, 1.165) is 29.7 Å². The lowest BCUT2D eigenvalue weighted by atomic mass is 10.2. The molecule has 0 radical (unpaired) electrons. The van der Waals surface area contributed by atoms with Crippen molar-refractivity contribution in [1.29, 1.82) is 0 Å². The first-order valence-electron chi connectivity index (χ1n) is 7.79. The number of anilines is 2. The zero-order chi connectivity index (χ0) is 17.1. The second-order valence-electron chi connectivity index (χ2n) is 6.01. The number of nitrogen functional groups attached to an aromatic ring is 1. The number of hydrogen-bond acceptors (Lipinski definition) is 4. The number of fused-ring (bicyclic) bond motifs is 1. The number of likely N-dealkylation sites (N-methyl/N-ethyl adjacent to an activating group) is 1. The van der Waals surface area contributed by atoms with Gasteiger partial charge in [-0.2, -0.15) is 0 Å². The number of nitrogens with zero attached hydrogens (tertiary/aromatic N) is 3. The third kappa shape index (κ3) is 3.55. The third-order valence-corrected chi connectivity index (χ3v) is 3.84. The monoisotopic (exact) mass is 323 g/mol. The maximum Gasteiger partial charge on any atom is 0.274 e. The van der Waals surface area contributed by atoms with Crippen molar-refractivity contribution >= 4 is 28.2 Å². The van der Waals surface area contributed by atoms with E-state index in [9.17, 15) is 4.79 Å². The van der Waals surface area contributed by atoms with E-state index in [1.165, 1.54) is 6.20 Å². The molecular weight excluding hydrogens is 302 g/mol. The highest BCUT2D eigenvalue weighted by Crippen LogP contribution is 2.21. The van der Waals surface area contributed by atoms with Gasteiger partial charge in [0.2, 0.25) is 0 Å². The fraction of sp³-hybridized carbons (Fsp3) is 0.222. The van der Waals surface area contributed by atoms with Crippen LogP contribution in [0.4, 0.5) is 11.4 Å². The topological polar surface area (TPSA) is 76.2 Å². The van der Waals surface area contributed by atoms with E-state index in [4.69, 9.17) is 5.73 Å². The SMILES string of the molecule is CN(C)CCn1ccc2ccc(NC(=O)c3cc(N)ccn3)cc21. The fourth-order valence-corrected chi connectivity index (χ4v) is 2.53. The highest BCUT2D eigenvalue weighted by molar-refractivity contribution is 6.04. The van der Waals surface area contributed by atoms with Crippen LogP contribution in [0.1, 0.15) is 10.5 Å². The van der Waals surface area contributed by atoms with Gasteiger partial charge in [-0.25, -0.2) is 0 Å². The van der Waals surface area contributed by atoms with Crippen molar-refractivity contribution < 1.29 is 4.79 Å². The molecular formula is C18H21N5O. The summed E-state index contributed by atoms with van der Waals surface area (Å²) in [5.74, 6) is -0.270. The van der Waals surface area contributed by atoms with Crippen LogP contribution in [-0.2, 0) is 6.54 Å². The van der Waals surface area contributed by atoms with Crippen LogP contribution in [0.15, 0.2) is 48.8 Å². The summed E-state index contributed by atoms with van der Waals surface area (Å²) in [5, 5.41) is 4.03. The summed E-state index contributed by atoms with van der Waals surface area (Å²) in [4.78, 5) is 18.5. The summed E-state index contributed by atoms with van der Waals surface area (Å²) in [6, 6.07) is 11.2.